The molecule has 0 radical (unpaired) electrons. The lowest BCUT2D eigenvalue weighted by Gasteiger charge is -2.11. The van der Waals surface area contributed by atoms with Crippen molar-refractivity contribution in [1.82, 2.24) is 9.55 Å². The van der Waals surface area contributed by atoms with Crippen LogP contribution in [0.2, 0.25) is 0 Å². The van der Waals surface area contributed by atoms with Crippen molar-refractivity contribution < 1.29 is 13.2 Å². The molecular weight excluding hydrogens is 383 g/mol. The first-order valence-electron chi connectivity index (χ1n) is 7.48. The van der Waals surface area contributed by atoms with Crippen LogP contribution in [0.25, 0.3) is 16.7 Å². The predicted molar refractivity (Wildman–Crippen MR) is 90.7 cm³/mol. The number of nitrogens with one attached hydrogen (secondary N) is 1. The van der Waals surface area contributed by atoms with Gasteiger partial charge in [0.15, 0.2) is 0 Å². The molecule has 24 heavy (non-hydrogen) atoms. The van der Waals surface area contributed by atoms with Gasteiger partial charge in [0.1, 0.15) is 11.3 Å². The van der Waals surface area contributed by atoms with E-state index in [1.54, 1.807) is 4.57 Å². The van der Waals surface area contributed by atoms with Crippen LogP contribution in [0, 0.1) is 6.92 Å². The Morgan fingerprint density at radius 1 is 1.21 bits per heavy atom. The maximum atomic E-state index is 13.0. The molecule has 1 N–H and O–H groups in total. The van der Waals surface area contributed by atoms with Gasteiger partial charge in [0.2, 0.25) is 0 Å². The van der Waals surface area contributed by atoms with Crippen LogP contribution in [-0.2, 0) is 12.6 Å². The number of pyridine rings is 1. The van der Waals surface area contributed by atoms with Crippen LogP contribution in [0.4, 0.5) is 18.9 Å². The standard InChI is InChI=1S/C17H13BrF3N3/c1-9-15(18)12-3-5-14(17(19,20)21)23-16(12)24(9)11-2-4-13-10(8-11)6-7-22-13/h2-5,8,22H,6-7H2,1H3. The molecule has 1 aliphatic rings. The number of fused-ring (bicyclic) bond motifs is 2. The van der Waals surface area contributed by atoms with Crippen molar-refractivity contribution in [2.24, 2.45) is 0 Å². The van der Waals surface area contributed by atoms with E-state index in [1.165, 1.54) is 6.07 Å². The van der Waals surface area contributed by atoms with E-state index in [0.717, 1.165) is 46.1 Å². The Hall–Kier alpha value is -2.02. The molecule has 3 heterocycles. The Morgan fingerprint density at radius 2 is 2.00 bits per heavy atom. The van der Waals surface area contributed by atoms with Crippen LogP contribution in [0.15, 0.2) is 34.8 Å². The van der Waals surface area contributed by atoms with Gasteiger partial charge in [0, 0.05) is 33.5 Å². The molecule has 124 valence electrons. The molecule has 7 heteroatoms. The summed E-state index contributed by atoms with van der Waals surface area (Å²) in [4.78, 5) is 3.89. The zero-order valence-corrected chi connectivity index (χ0v) is 14.3. The van der Waals surface area contributed by atoms with E-state index in [-0.39, 0.29) is 0 Å². The summed E-state index contributed by atoms with van der Waals surface area (Å²) >= 11 is 3.48. The number of alkyl halides is 3. The van der Waals surface area contributed by atoms with Crippen molar-refractivity contribution in [3.63, 3.8) is 0 Å². The normalized spacial score (nSPS) is 14.0. The summed E-state index contributed by atoms with van der Waals surface area (Å²) < 4.78 is 41.7. The summed E-state index contributed by atoms with van der Waals surface area (Å²) in [6.45, 7) is 2.74. The van der Waals surface area contributed by atoms with E-state index in [9.17, 15) is 13.2 Å². The van der Waals surface area contributed by atoms with Crippen LogP contribution in [0.3, 0.4) is 0 Å². The summed E-state index contributed by atoms with van der Waals surface area (Å²) in [6.07, 6.45) is -3.56. The van der Waals surface area contributed by atoms with Gasteiger partial charge in [0.25, 0.3) is 0 Å². The molecule has 0 saturated heterocycles. The molecule has 2 aromatic heterocycles. The third kappa shape index (κ3) is 2.30. The molecule has 0 amide bonds. The highest BCUT2D eigenvalue weighted by atomic mass is 79.9. The van der Waals surface area contributed by atoms with Crippen molar-refractivity contribution in [3.8, 4) is 5.69 Å². The van der Waals surface area contributed by atoms with Crippen molar-refractivity contribution in [2.75, 3.05) is 11.9 Å². The first-order chi connectivity index (χ1) is 11.4. The zero-order valence-electron chi connectivity index (χ0n) is 12.7. The smallest absolute Gasteiger partial charge is 0.384 e. The number of aromatic nitrogens is 2. The van der Waals surface area contributed by atoms with Gasteiger partial charge in [-0.15, -0.1) is 0 Å². The average Bonchev–Trinajstić information content (AvgIpc) is 3.09. The Bertz CT molecular complexity index is 960. The van der Waals surface area contributed by atoms with Gasteiger partial charge < -0.3 is 5.32 Å². The fourth-order valence-electron chi connectivity index (χ4n) is 3.15. The molecule has 1 aromatic carbocycles. The molecule has 0 bridgehead atoms. The van der Waals surface area contributed by atoms with E-state index < -0.39 is 11.9 Å². The number of halogens is 4. The fourth-order valence-corrected chi connectivity index (χ4v) is 3.63. The molecule has 0 aliphatic carbocycles. The highest BCUT2D eigenvalue weighted by Gasteiger charge is 2.33. The number of hydrogen-bond acceptors (Lipinski definition) is 2. The summed E-state index contributed by atoms with van der Waals surface area (Å²) in [5.74, 6) is 0. The highest BCUT2D eigenvalue weighted by Crippen LogP contribution is 2.36. The summed E-state index contributed by atoms with van der Waals surface area (Å²) in [7, 11) is 0. The Kier molecular flexibility index (Phi) is 3.38. The molecule has 0 saturated carbocycles. The largest absolute Gasteiger partial charge is 0.433 e. The first-order valence-corrected chi connectivity index (χ1v) is 8.27. The summed E-state index contributed by atoms with van der Waals surface area (Å²) in [5, 5.41) is 3.95. The second-order valence-electron chi connectivity index (χ2n) is 5.82. The van der Waals surface area contributed by atoms with Crippen LogP contribution >= 0.6 is 15.9 Å². The fraction of sp³-hybridized carbons (Fsp3) is 0.235. The molecule has 0 unspecified atom stereocenters. The third-order valence-electron chi connectivity index (χ3n) is 4.32. The third-order valence-corrected chi connectivity index (χ3v) is 5.32. The molecule has 0 spiro atoms. The lowest BCUT2D eigenvalue weighted by molar-refractivity contribution is -0.141. The minimum absolute atomic E-state index is 0.306. The van der Waals surface area contributed by atoms with Crippen molar-refractivity contribution >= 4 is 32.7 Å². The Labute approximate surface area is 144 Å². The van der Waals surface area contributed by atoms with Gasteiger partial charge in [-0.05, 0) is 65.2 Å². The molecule has 0 fully saturated rings. The van der Waals surface area contributed by atoms with Crippen LogP contribution in [0.5, 0.6) is 0 Å². The zero-order chi connectivity index (χ0) is 17.1. The maximum absolute atomic E-state index is 13.0. The monoisotopic (exact) mass is 395 g/mol. The van der Waals surface area contributed by atoms with Gasteiger partial charge in [0.05, 0.1) is 0 Å². The average molecular weight is 396 g/mol. The van der Waals surface area contributed by atoms with Crippen molar-refractivity contribution in [3.05, 3.63) is 51.8 Å². The number of rotatable bonds is 1. The highest BCUT2D eigenvalue weighted by molar-refractivity contribution is 9.10. The number of hydrogen-bond donors (Lipinski definition) is 1. The van der Waals surface area contributed by atoms with Gasteiger partial charge in [-0.1, -0.05) is 0 Å². The number of nitrogens with zero attached hydrogens (tertiary/aromatic N) is 2. The second kappa shape index (κ2) is 5.24. The summed E-state index contributed by atoms with van der Waals surface area (Å²) in [6, 6.07) is 8.36. The van der Waals surface area contributed by atoms with E-state index in [1.807, 2.05) is 25.1 Å². The molecule has 0 atom stereocenters. The van der Waals surface area contributed by atoms with Crippen molar-refractivity contribution in [2.45, 2.75) is 19.5 Å². The molecule has 4 rings (SSSR count). The van der Waals surface area contributed by atoms with Gasteiger partial charge in [-0.2, -0.15) is 13.2 Å². The Balaban J connectivity index is 1.98. The maximum Gasteiger partial charge on any atom is 0.433 e. The quantitative estimate of drug-likeness (QED) is 0.622. The lowest BCUT2D eigenvalue weighted by atomic mass is 10.1. The Morgan fingerprint density at radius 3 is 2.75 bits per heavy atom. The number of anilines is 1. The number of benzene rings is 1. The predicted octanol–water partition coefficient (Wildman–Crippen LogP) is 5.08. The molecule has 1 aliphatic heterocycles. The first kappa shape index (κ1) is 15.5. The van der Waals surface area contributed by atoms with Crippen molar-refractivity contribution in [1.29, 1.82) is 0 Å². The topological polar surface area (TPSA) is 29.9 Å². The minimum atomic E-state index is -4.47. The SMILES string of the molecule is Cc1c(Br)c2ccc(C(F)(F)F)nc2n1-c1ccc2c(c1)CCN2. The van der Waals surface area contributed by atoms with E-state index in [2.05, 4.69) is 26.2 Å². The van der Waals surface area contributed by atoms with Gasteiger partial charge in [-0.25, -0.2) is 4.98 Å². The van der Waals surface area contributed by atoms with Crippen LogP contribution < -0.4 is 5.32 Å². The second-order valence-corrected chi connectivity index (χ2v) is 6.61. The van der Waals surface area contributed by atoms with E-state index >= 15 is 0 Å². The van der Waals surface area contributed by atoms with E-state index in [0.29, 0.717) is 11.0 Å². The van der Waals surface area contributed by atoms with E-state index in [4.69, 9.17) is 0 Å². The minimum Gasteiger partial charge on any atom is -0.384 e. The molecule has 3 aromatic rings. The van der Waals surface area contributed by atoms with Gasteiger partial charge >= 0.3 is 6.18 Å². The van der Waals surface area contributed by atoms with Gasteiger partial charge in [-0.3, -0.25) is 4.57 Å². The molecule has 3 nitrogen and oxygen atoms in total. The molecular formula is C17H13BrF3N3. The van der Waals surface area contributed by atoms with Crippen LogP contribution in [0.1, 0.15) is 17.0 Å². The lowest BCUT2D eigenvalue weighted by Crippen LogP contribution is -2.08. The summed E-state index contributed by atoms with van der Waals surface area (Å²) in [5.41, 5.74) is 3.30. The van der Waals surface area contributed by atoms with Crippen LogP contribution in [-0.4, -0.2) is 16.1 Å².